The molecule has 0 saturated carbocycles. The molecule has 0 aliphatic heterocycles. The molecule has 21 heavy (non-hydrogen) atoms. The fourth-order valence-corrected chi connectivity index (χ4v) is 1.92. The van der Waals surface area contributed by atoms with Gasteiger partial charge in [0.05, 0.1) is 18.2 Å². The number of aromatic nitrogens is 3. The van der Waals surface area contributed by atoms with E-state index in [2.05, 4.69) is 16.2 Å². The van der Waals surface area contributed by atoms with E-state index in [9.17, 15) is 0 Å². The van der Waals surface area contributed by atoms with Crippen molar-refractivity contribution in [2.45, 2.75) is 33.4 Å². The lowest BCUT2D eigenvalue weighted by Gasteiger charge is -2.13. The molecule has 2 rings (SSSR count). The van der Waals surface area contributed by atoms with Crippen LogP contribution in [0.25, 0.3) is 0 Å². The molecule has 0 unspecified atom stereocenters. The van der Waals surface area contributed by atoms with Gasteiger partial charge in [-0.2, -0.15) is 10.4 Å². The van der Waals surface area contributed by atoms with Crippen LogP contribution in [0, 0.1) is 11.3 Å². The average molecular weight is 286 g/mol. The largest absolute Gasteiger partial charge is 0.490 e. The highest BCUT2D eigenvalue weighted by atomic mass is 16.5. The van der Waals surface area contributed by atoms with Gasteiger partial charge in [-0.1, -0.05) is 0 Å². The third-order valence-corrected chi connectivity index (χ3v) is 2.87. The Balaban J connectivity index is 2.16. The maximum atomic E-state index is 8.93. The molecule has 0 fully saturated rings. The maximum Gasteiger partial charge on any atom is 0.165 e. The highest BCUT2D eigenvalue weighted by Crippen LogP contribution is 2.29. The van der Waals surface area contributed by atoms with Gasteiger partial charge in [0.25, 0.3) is 0 Å². The van der Waals surface area contributed by atoms with E-state index in [0.29, 0.717) is 30.3 Å². The second-order valence-corrected chi connectivity index (χ2v) is 4.71. The Hall–Kier alpha value is -2.55. The summed E-state index contributed by atoms with van der Waals surface area (Å²) in [7, 11) is 0. The zero-order valence-corrected chi connectivity index (χ0v) is 12.4. The molecule has 0 aliphatic carbocycles. The van der Waals surface area contributed by atoms with Crippen molar-refractivity contribution in [2.75, 3.05) is 6.61 Å². The lowest BCUT2D eigenvalue weighted by Crippen LogP contribution is -2.11. The van der Waals surface area contributed by atoms with Crippen molar-refractivity contribution in [2.24, 2.45) is 0 Å². The zero-order valence-electron chi connectivity index (χ0n) is 12.4. The molecule has 0 saturated heterocycles. The summed E-state index contributed by atoms with van der Waals surface area (Å²) < 4.78 is 13.1. The monoisotopic (exact) mass is 286 g/mol. The van der Waals surface area contributed by atoms with Crippen molar-refractivity contribution in [3.8, 4) is 17.6 Å². The summed E-state index contributed by atoms with van der Waals surface area (Å²) in [4.78, 5) is 4.20. The normalized spacial score (nSPS) is 10.4. The van der Waals surface area contributed by atoms with Gasteiger partial charge < -0.3 is 9.47 Å². The second kappa shape index (κ2) is 6.75. The van der Waals surface area contributed by atoms with Gasteiger partial charge in [0, 0.05) is 12.1 Å². The summed E-state index contributed by atoms with van der Waals surface area (Å²) in [6.45, 7) is 6.76. The number of nitriles is 1. The van der Waals surface area contributed by atoms with E-state index in [0.717, 1.165) is 5.82 Å². The molecule has 0 amide bonds. The topological polar surface area (TPSA) is 73.0 Å². The predicted octanol–water partition coefficient (Wildman–Crippen LogP) is 2.71. The van der Waals surface area contributed by atoms with Crippen LogP contribution < -0.4 is 9.47 Å². The molecule has 1 aromatic heterocycles. The standard InChI is InChI=1S/C15H18N4O2/c1-4-20-14-7-12(8-16)5-6-13(14)21-9-15-17-10-18-19(15)11(2)3/h5-7,10-11H,4,9H2,1-3H3. The Kier molecular flexibility index (Phi) is 4.77. The van der Waals surface area contributed by atoms with Gasteiger partial charge in [-0.25, -0.2) is 9.67 Å². The fourth-order valence-electron chi connectivity index (χ4n) is 1.92. The summed E-state index contributed by atoms with van der Waals surface area (Å²) in [5.41, 5.74) is 0.538. The zero-order chi connectivity index (χ0) is 15.2. The minimum atomic E-state index is 0.221. The number of nitrogens with zero attached hydrogens (tertiary/aromatic N) is 4. The molecule has 0 N–H and O–H groups in total. The van der Waals surface area contributed by atoms with Crippen LogP contribution in [-0.4, -0.2) is 21.4 Å². The smallest absolute Gasteiger partial charge is 0.165 e. The minimum absolute atomic E-state index is 0.221. The van der Waals surface area contributed by atoms with Crippen LogP contribution >= 0.6 is 0 Å². The average Bonchev–Trinajstić information content (AvgIpc) is 2.95. The minimum Gasteiger partial charge on any atom is -0.490 e. The molecule has 0 spiro atoms. The first-order chi connectivity index (χ1) is 10.2. The second-order valence-electron chi connectivity index (χ2n) is 4.71. The van der Waals surface area contributed by atoms with Gasteiger partial charge in [-0.3, -0.25) is 0 Å². The van der Waals surface area contributed by atoms with Gasteiger partial charge in [0.15, 0.2) is 17.3 Å². The maximum absolute atomic E-state index is 8.93. The van der Waals surface area contributed by atoms with Crippen LogP contribution in [-0.2, 0) is 6.61 Å². The molecule has 110 valence electrons. The number of hydrogen-bond acceptors (Lipinski definition) is 5. The molecule has 0 aliphatic rings. The van der Waals surface area contributed by atoms with Crippen molar-refractivity contribution in [3.05, 3.63) is 35.9 Å². The van der Waals surface area contributed by atoms with Gasteiger partial charge >= 0.3 is 0 Å². The Morgan fingerprint density at radius 1 is 1.29 bits per heavy atom. The van der Waals surface area contributed by atoms with Crippen LogP contribution in [0.2, 0.25) is 0 Å². The molecule has 0 radical (unpaired) electrons. The van der Waals surface area contributed by atoms with Crippen molar-refractivity contribution in [3.63, 3.8) is 0 Å². The summed E-state index contributed by atoms with van der Waals surface area (Å²) in [5, 5.41) is 13.1. The van der Waals surface area contributed by atoms with E-state index in [1.165, 1.54) is 6.33 Å². The first-order valence-corrected chi connectivity index (χ1v) is 6.83. The summed E-state index contributed by atoms with van der Waals surface area (Å²) >= 11 is 0. The molecule has 0 atom stereocenters. The van der Waals surface area contributed by atoms with Gasteiger partial charge in [0.1, 0.15) is 12.9 Å². The fraction of sp³-hybridized carbons (Fsp3) is 0.400. The number of hydrogen-bond donors (Lipinski definition) is 0. The summed E-state index contributed by atoms with van der Waals surface area (Å²) in [6.07, 6.45) is 1.51. The SMILES string of the molecule is CCOc1cc(C#N)ccc1OCc1ncnn1C(C)C. The van der Waals surface area contributed by atoms with E-state index < -0.39 is 0 Å². The van der Waals surface area contributed by atoms with Gasteiger partial charge in [0.2, 0.25) is 0 Å². The molecule has 6 heteroatoms. The molecule has 1 heterocycles. The molecule has 0 bridgehead atoms. The van der Waals surface area contributed by atoms with Crippen molar-refractivity contribution < 1.29 is 9.47 Å². The Morgan fingerprint density at radius 2 is 2.10 bits per heavy atom. The van der Waals surface area contributed by atoms with Gasteiger partial charge in [-0.05, 0) is 32.9 Å². The van der Waals surface area contributed by atoms with E-state index in [1.54, 1.807) is 18.2 Å². The quantitative estimate of drug-likeness (QED) is 0.816. The van der Waals surface area contributed by atoms with Crippen LogP contribution in [0.3, 0.4) is 0 Å². The van der Waals surface area contributed by atoms with E-state index in [4.69, 9.17) is 14.7 Å². The van der Waals surface area contributed by atoms with Crippen LogP contribution in [0.15, 0.2) is 24.5 Å². The van der Waals surface area contributed by atoms with Crippen molar-refractivity contribution in [1.29, 1.82) is 5.26 Å². The van der Waals surface area contributed by atoms with E-state index in [1.807, 2.05) is 25.5 Å². The first-order valence-electron chi connectivity index (χ1n) is 6.83. The van der Waals surface area contributed by atoms with E-state index >= 15 is 0 Å². The Labute approximate surface area is 123 Å². The molecular formula is C15H18N4O2. The van der Waals surface area contributed by atoms with Crippen LogP contribution in [0.5, 0.6) is 11.5 Å². The Bertz CT molecular complexity index is 643. The molecule has 6 nitrogen and oxygen atoms in total. The van der Waals surface area contributed by atoms with Gasteiger partial charge in [-0.15, -0.1) is 0 Å². The number of ether oxygens (including phenoxy) is 2. The van der Waals surface area contributed by atoms with Crippen LogP contribution in [0.4, 0.5) is 0 Å². The third-order valence-electron chi connectivity index (χ3n) is 2.87. The lowest BCUT2D eigenvalue weighted by molar-refractivity contribution is 0.255. The van der Waals surface area contributed by atoms with Crippen molar-refractivity contribution in [1.82, 2.24) is 14.8 Å². The first kappa shape index (κ1) is 14.9. The summed E-state index contributed by atoms with van der Waals surface area (Å²) in [6, 6.07) is 7.41. The highest BCUT2D eigenvalue weighted by molar-refractivity contribution is 5.46. The molecular weight excluding hydrogens is 268 g/mol. The molecule has 2 aromatic rings. The lowest BCUT2D eigenvalue weighted by atomic mass is 10.2. The summed E-state index contributed by atoms with van der Waals surface area (Å²) in [5.74, 6) is 1.90. The van der Waals surface area contributed by atoms with E-state index in [-0.39, 0.29) is 6.04 Å². The number of benzene rings is 1. The van der Waals surface area contributed by atoms with Crippen molar-refractivity contribution >= 4 is 0 Å². The Morgan fingerprint density at radius 3 is 2.76 bits per heavy atom. The number of rotatable bonds is 6. The molecule has 1 aromatic carbocycles. The highest BCUT2D eigenvalue weighted by Gasteiger charge is 2.11. The third kappa shape index (κ3) is 3.51. The van der Waals surface area contributed by atoms with Crippen LogP contribution in [0.1, 0.15) is 38.2 Å². The predicted molar refractivity (Wildman–Crippen MR) is 77.1 cm³/mol.